The summed E-state index contributed by atoms with van der Waals surface area (Å²) >= 11 is 1.92. The zero-order chi connectivity index (χ0) is 15.8. The zero-order valence-electron chi connectivity index (χ0n) is 14.1. The van der Waals surface area contributed by atoms with Gasteiger partial charge in [0.05, 0.1) is 27.7 Å². The molecule has 0 bridgehead atoms. The Morgan fingerprint density at radius 2 is 1.36 bits per heavy atom. The van der Waals surface area contributed by atoms with Crippen LogP contribution in [0.1, 0.15) is 30.9 Å². The highest BCUT2D eigenvalue weighted by Gasteiger charge is 2.36. The van der Waals surface area contributed by atoms with E-state index in [9.17, 15) is 0 Å². The highest BCUT2D eigenvalue weighted by molar-refractivity contribution is 7.99. The zero-order valence-corrected chi connectivity index (χ0v) is 14.9. The number of nitrogens with zero attached hydrogens (tertiary/aromatic N) is 1. The molecule has 0 fully saturated rings. The lowest BCUT2D eigenvalue weighted by Crippen LogP contribution is -2.37. The Balaban J connectivity index is 1.98. The van der Waals surface area contributed by atoms with Crippen LogP contribution in [0.3, 0.4) is 0 Å². The Morgan fingerprint density at radius 1 is 0.864 bits per heavy atom. The maximum atomic E-state index is 2.43. The van der Waals surface area contributed by atoms with Crippen LogP contribution in [0.25, 0.3) is 0 Å². The van der Waals surface area contributed by atoms with Gasteiger partial charge in [-0.05, 0) is 36.1 Å². The van der Waals surface area contributed by atoms with Gasteiger partial charge < -0.3 is 4.48 Å². The molecule has 0 amide bonds. The Kier molecular flexibility index (Phi) is 4.09. The summed E-state index contributed by atoms with van der Waals surface area (Å²) in [6.07, 6.45) is 2.45. The summed E-state index contributed by atoms with van der Waals surface area (Å²) in [5.41, 5.74) is 3.13. The van der Waals surface area contributed by atoms with E-state index in [1.807, 2.05) is 11.8 Å². The third-order valence-electron chi connectivity index (χ3n) is 4.69. The number of quaternary nitrogens is 1. The molecular weight excluding hydrogens is 286 g/mol. The van der Waals surface area contributed by atoms with Gasteiger partial charge in [-0.2, -0.15) is 0 Å². The monoisotopic (exact) mass is 312 g/mol. The fraction of sp³-hybridized carbons (Fsp3) is 0.400. The van der Waals surface area contributed by atoms with Crippen molar-refractivity contribution in [2.24, 2.45) is 0 Å². The number of hydrogen-bond acceptors (Lipinski definition) is 1. The largest absolute Gasteiger partial charge is 0.331 e. The van der Waals surface area contributed by atoms with Gasteiger partial charge in [-0.15, -0.1) is 0 Å². The third kappa shape index (κ3) is 2.95. The molecule has 0 aliphatic carbocycles. The molecule has 2 heteroatoms. The van der Waals surface area contributed by atoms with Gasteiger partial charge in [0, 0.05) is 15.2 Å². The van der Waals surface area contributed by atoms with Crippen LogP contribution in [0.5, 0.6) is 0 Å². The van der Waals surface area contributed by atoms with Crippen LogP contribution in [-0.4, -0.2) is 32.2 Å². The predicted octanol–water partition coefficient (Wildman–Crippen LogP) is 4.94. The Bertz CT molecular complexity index is 624. The molecule has 0 saturated carbocycles. The van der Waals surface area contributed by atoms with Crippen LogP contribution in [0.4, 0.5) is 0 Å². The van der Waals surface area contributed by atoms with E-state index in [0.29, 0.717) is 0 Å². The average molecular weight is 313 g/mol. The lowest BCUT2D eigenvalue weighted by atomic mass is 9.72. The minimum absolute atomic E-state index is 0.133. The molecule has 0 N–H and O–H groups in total. The van der Waals surface area contributed by atoms with E-state index in [0.717, 1.165) is 4.48 Å². The first-order valence-electron chi connectivity index (χ1n) is 8.07. The first-order chi connectivity index (χ1) is 10.4. The second kappa shape index (κ2) is 5.75. The van der Waals surface area contributed by atoms with E-state index >= 15 is 0 Å². The van der Waals surface area contributed by atoms with Gasteiger partial charge in [0.25, 0.3) is 0 Å². The molecule has 0 atom stereocenters. The Morgan fingerprint density at radius 3 is 1.86 bits per heavy atom. The molecule has 116 valence electrons. The maximum Gasteiger partial charge on any atom is 0.0780 e. The van der Waals surface area contributed by atoms with Crippen molar-refractivity contribution in [2.45, 2.75) is 35.0 Å². The summed E-state index contributed by atoms with van der Waals surface area (Å²) in [5, 5.41) is 0. The topological polar surface area (TPSA) is 0 Å². The van der Waals surface area contributed by atoms with Crippen LogP contribution < -0.4 is 0 Å². The second-order valence-corrected chi connectivity index (χ2v) is 8.63. The Hall–Kier alpha value is -1.25. The van der Waals surface area contributed by atoms with E-state index in [2.05, 4.69) is 76.6 Å². The van der Waals surface area contributed by atoms with Crippen LogP contribution in [0.2, 0.25) is 0 Å². The predicted molar refractivity (Wildman–Crippen MR) is 95.6 cm³/mol. The van der Waals surface area contributed by atoms with Crippen LogP contribution in [0, 0.1) is 0 Å². The van der Waals surface area contributed by atoms with Gasteiger partial charge in [0.1, 0.15) is 0 Å². The summed E-state index contributed by atoms with van der Waals surface area (Å²) < 4.78 is 1.04. The molecule has 1 aliphatic heterocycles. The van der Waals surface area contributed by atoms with Gasteiger partial charge in [-0.1, -0.05) is 55.1 Å². The number of benzene rings is 2. The number of fused-ring (bicyclic) bond motifs is 2. The smallest absolute Gasteiger partial charge is 0.0780 e. The fourth-order valence-corrected chi connectivity index (χ4v) is 4.80. The molecule has 0 saturated heterocycles. The van der Waals surface area contributed by atoms with E-state index in [-0.39, 0.29) is 5.41 Å². The van der Waals surface area contributed by atoms with E-state index in [4.69, 9.17) is 0 Å². The summed E-state index contributed by atoms with van der Waals surface area (Å²) in [5.74, 6) is 0. The highest BCUT2D eigenvalue weighted by atomic mass is 32.2. The van der Waals surface area contributed by atoms with Crippen molar-refractivity contribution < 1.29 is 4.48 Å². The van der Waals surface area contributed by atoms with Crippen molar-refractivity contribution in [1.82, 2.24) is 0 Å². The summed E-state index contributed by atoms with van der Waals surface area (Å²) in [6, 6.07) is 17.9. The second-order valence-electron chi connectivity index (χ2n) is 7.54. The van der Waals surface area contributed by atoms with Gasteiger partial charge in [-0.3, -0.25) is 0 Å². The van der Waals surface area contributed by atoms with Crippen LogP contribution in [0.15, 0.2) is 58.3 Å². The minimum Gasteiger partial charge on any atom is -0.331 e. The molecule has 0 radical (unpaired) electrons. The molecule has 0 aromatic heterocycles. The van der Waals surface area contributed by atoms with Gasteiger partial charge in [0.2, 0.25) is 0 Å². The van der Waals surface area contributed by atoms with Crippen molar-refractivity contribution in [1.29, 1.82) is 0 Å². The van der Waals surface area contributed by atoms with Gasteiger partial charge in [-0.25, -0.2) is 0 Å². The summed E-state index contributed by atoms with van der Waals surface area (Å²) in [7, 11) is 6.84. The first-order valence-corrected chi connectivity index (χ1v) is 8.89. The first kappa shape index (κ1) is 15.6. The summed E-state index contributed by atoms with van der Waals surface area (Å²) in [4.78, 5) is 2.85. The molecule has 1 heterocycles. The van der Waals surface area contributed by atoms with Crippen molar-refractivity contribution >= 4 is 11.8 Å². The summed E-state index contributed by atoms with van der Waals surface area (Å²) in [6.45, 7) is 3.65. The normalized spacial score (nSPS) is 16.0. The third-order valence-corrected chi connectivity index (χ3v) is 5.84. The molecule has 2 aromatic rings. The molecule has 2 aromatic carbocycles. The van der Waals surface area contributed by atoms with Crippen molar-refractivity contribution in [3.63, 3.8) is 0 Å². The minimum atomic E-state index is 0.133. The maximum absolute atomic E-state index is 2.43. The quantitative estimate of drug-likeness (QED) is 0.720. The van der Waals surface area contributed by atoms with Crippen molar-refractivity contribution in [2.75, 3.05) is 27.7 Å². The van der Waals surface area contributed by atoms with E-state index in [1.165, 1.54) is 40.3 Å². The lowest BCUT2D eigenvalue weighted by Gasteiger charge is -2.38. The van der Waals surface area contributed by atoms with Crippen molar-refractivity contribution in [3.05, 3.63) is 59.7 Å². The molecule has 0 unspecified atom stereocenters. The Labute approximate surface area is 138 Å². The molecule has 0 spiro atoms. The number of rotatable bonds is 4. The highest BCUT2D eigenvalue weighted by Crippen LogP contribution is 2.50. The van der Waals surface area contributed by atoms with Crippen molar-refractivity contribution in [3.8, 4) is 0 Å². The standard InChI is InChI=1S/C20H26NS/c1-20(14-9-15-21(2,3)4)16-10-5-7-12-18(16)22-19-13-8-6-11-17(19)20/h5-8,10-13H,9,14-15H2,1-4H3/q+1. The fourth-order valence-electron chi connectivity index (χ4n) is 3.46. The lowest BCUT2D eigenvalue weighted by molar-refractivity contribution is -0.870. The van der Waals surface area contributed by atoms with Crippen LogP contribution in [-0.2, 0) is 5.41 Å². The molecular formula is C20H26NS+. The molecule has 1 nitrogen and oxygen atoms in total. The van der Waals surface area contributed by atoms with Crippen LogP contribution >= 0.6 is 11.8 Å². The molecule has 1 aliphatic rings. The molecule has 22 heavy (non-hydrogen) atoms. The molecule has 3 rings (SSSR count). The average Bonchev–Trinajstić information content (AvgIpc) is 2.46. The van der Waals surface area contributed by atoms with Gasteiger partial charge in [0.15, 0.2) is 0 Å². The van der Waals surface area contributed by atoms with Gasteiger partial charge >= 0.3 is 0 Å². The SMILES string of the molecule is CC1(CCC[N+](C)(C)C)c2ccccc2Sc2ccccc21. The van der Waals surface area contributed by atoms with E-state index in [1.54, 1.807) is 0 Å². The van der Waals surface area contributed by atoms with E-state index < -0.39 is 0 Å². The number of hydrogen-bond donors (Lipinski definition) is 0.